The van der Waals surface area contributed by atoms with E-state index in [1.807, 2.05) is 0 Å². The number of benzene rings is 3. The highest BCUT2D eigenvalue weighted by molar-refractivity contribution is 7.86. The van der Waals surface area contributed by atoms with E-state index in [-0.39, 0.29) is 10.8 Å². The summed E-state index contributed by atoms with van der Waals surface area (Å²) in [6.07, 6.45) is 0. The van der Waals surface area contributed by atoms with Crippen molar-refractivity contribution in [2.75, 3.05) is 5.32 Å². The van der Waals surface area contributed by atoms with Crippen molar-refractivity contribution in [1.82, 2.24) is 0 Å². The molecule has 0 aliphatic heterocycles. The number of carbonyl (C=O) groups is 1. The van der Waals surface area contributed by atoms with Crippen molar-refractivity contribution in [2.45, 2.75) is 14.7 Å². The largest absolute Gasteiger partial charge is 0.321 e. The summed E-state index contributed by atoms with van der Waals surface area (Å²) in [5.74, 6) is -1.30. The molecular formula is C17H12N2O12S3. The van der Waals surface area contributed by atoms with Crippen LogP contribution >= 0.6 is 0 Å². The first-order chi connectivity index (χ1) is 15.5. The number of amides is 1. The van der Waals surface area contributed by atoms with E-state index in [2.05, 4.69) is 5.32 Å². The van der Waals surface area contributed by atoms with E-state index < -0.39 is 72.8 Å². The molecule has 14 nitrogen and oxygen atoms in total. The molecule has 0 bridgehead atoms. The van der Waals surface area contributed by atoms with Gasteiger partial charge in [-0.3, -0.25) is 28.6 Å². The lowest BCUT2D eigenvalue weighted by atomic mass is 10.1. The fraction of sp³-hybridized carbons (Fsp3) is 0. The first-order valence-corrected chi connectivity index (χ1v) is 12.9. The van der Waals surface area contributed by atoms with Gasteiger partial charge in [-0.15, -0.1) is 0 Å². The highest BCUT2D eigenvalue weighted by atomic mass is 32.2. The van der Waals surface area contributed by atoms with Crippen LogP contribution in [0.3, 0.4) is 0 Å². The third-order valence-corrected chi connectivity index (χ3v) is 7.02. The minimum atomic E-state index is -5.14. The van der Waals surface area contributed by atoms with Crippen LogP contribution in [0, 0.1) is 10.1 Å². The Balaban J connectivity index is 2.25. The maximum absolute atomic E-state index is 12.8. The van der Waals surface area contributed by atoms with Crippen LogP contribution in [0.1, 0.15) is 10.4 Å². The summed E-state index contributed by atoms with van der Waals surface area (Å²) in [5.41, 5.74) is -1.98. The van der Waals surface area contributed by atoms with Crippen LogP contribution in [0.5, 0.6) is 0 Å². The third-order valence-electron chi connectivity index (χ3n) is 4.44. The Kier molecular flexibility index (Phi) is 6.20. The average molecular weight is 532 g/mol. The lowest BCUT2D eigenvalue weighted by molar-refractivity contribution is -0.385. The number of anilines is 1. The molecule has 4 N–H and O–H groups in total. The quantitative estimate of drug-likeness (QED) is 0.202. The van der Waals surface area contributed by atoms with Crippen LogP contribution < -0.4 is 5.32 Å². The van der Waals surface area contributed by atoms with Gasteiger partial charge in [0.2, 0.25) is 0 Å². The van der Waals surface area contributed by atoms with E-state index in [1.54, 1.807) is 0 Å². The van der Waals surface area contributed by atoms with E-state index in [0.717, 1.165) is 42.5 Å². The van der Waals surface area contributed by atoms with Gasteiger partial charge in [0, 0.05) is 17.5 Å². The fourth-order valence-electron chi connectivity index (χ4n) is 2.94. The van der Waals surface area contributed by atoms with Gasteiger partial charge >= 0.3 is 0 Å². The van der Waals surface area contributed by atoms with E-state index in [0.29, 0.717) is 6.07 Å². The first kappa shape index (κ1) is 25.1. The van der Waals surface area contributed by atoms with Crippen molar-refractivity contribution in [2.24, 2.45) is 0 Å². The second-order valence-electron chi connectivity index (χ2n) is 6.67. The third kappa shape index (κ3) is 5.19. The number of hydrogen-bond donors (Lipinski definition) is 4. The number of nitrogens with zero attached hydrogens (tertiary/aromatic N) is 1. The molecule has 3 aromatic rings. The summed E-state index contributed by atoms with van der Waals surface area (Å²) in [7, 11) is -14.7. The van der Waals surface area contributed by atoms with Gasteiger partial charge in [0.1, 0.15) is 4.90 Å². The van der Waals surface area contributed by atoms with E-state index in [4.69, 9.17) is 0 Å². The fourth-order valence-corrected chi connectivity index (χ4v) is 4.70. The highest BCUT2D eigenvalue weighted by Crippen LogP contribution is 2.31. The Morgan fingerprint density at radius 2 is 1.41 bits per heavy atom. The molecule has 3 rings (SSSR count). The number of hydrogen-bond acceptors (Lipinski definition) is 9. The molecule has 3 aromatic carbocycles. The molecule has 0 saturated heterocycles. The topological polar surface area (TPSA) is 235 Å². The smallest absolute Gasteiger partial charge is 0.295 e. The normalized spacial score (nSPS) is 12.4. The zero-order valence-corrected chi connectivity index (χ0v) is 18.8. The summed E-state index contributed by atoms with van der Waals surface area (Å²) in [4.78, 5) is 20.3. The van der Waals surface area contributed by atoms with Gasteiger partial charge in [-0.25, -0.2) is 0 Å². The summed E-state index contributed by atoms with van der Waals surface area (Å²) in [5, 5.41) is 12.9. The molecule has 0 aliphatic carbocycles. The van der Waals surface area contributed by atoms with Gasteiger partial charge in [0.05, 0.1) is 26.0 Å². The predicted molar refractivity (Wildman–Crippen MR) is 114 cm³/mol. The van der Waals surface area contributed by atoms with Gasteiger partial charge in [-0.05, 0) is 35.7 Å². The molecule has 0 aromatic heterocycles. The van der Waals surface area contributed by atoms with E-state index in [1.165, 1.54) is 0 Å². The number of nitrogens with one attached hydrogen (secondary N) is 1. The number of nitro groups is 1. The number of fused-ring (bicyclic) bond motifs is 1. The molecule has 0 heterocycles. The zero-order chi connectivity index (χ0) is 25.6. The Hall–Kier alpha value is -3.48. The van der Waals surface area contributed by atoms with Gasteiger partial charge in [0.15, 0.2) is 0 Å². The molecule has 0 radical (unpaired) electrons. The lowest BCUT2D eigenvalue weighted by Crippen LogP contribution is -2.17. The maximum Gasteiger partial charge on any atom is 0.295 e. The minimum Gasteiger partial charge on any atom is -0.321 e. The van der Waals surface area contributed by atoms with Crippen molar-refractivity contribution < 1.29 is 48.6 Å². The van der Waals surface area contributed by atoms with Crippen LogP contribution in [0.15, 0.2) is 63.2 Å². The Labute approximate surface area is 191 Å². The highest BCUT2D eigenvalue weighted by Gasteiger charge is 2.25. The summed E-state index contributed by atoms with van der Waals surface area (Å²) < 4.78 is 97.7. The Morgan fingerprint density at radius 3 is 1.94 bits per heavy atom. The Bertz CT molecular complexity index is 1700. The minimum absolute atomic E-state index is 0.0171. The van der Waals surface area contributed by atoms with Gasteiger partial charge in [-0.2, -0.15) is 25.3 Å². The maximum atomic E-state index is 12.8. The number of non-ortho nitro benzene ring substituents is 1. The number of carbonyl (C=O) groups excluding carboxylic acids is 1. The van der Waals surface area contributed by atoms with Gasteiger partial charge in [0.25, 0.3) is 41.9 Å². The van der Waals surface area contributed by atoms with Crippen molar-refractivity contribution >= 4 is 58.4 Å². The van der Waals surface area contributed by atoms with Crippen molar-refractivity contribution in [3.63, 3.8) is 0 Å². The summed E-state index contributed by atoms with van der Waals surface area (Å²) in [6.45, 7) is 0. The second-order valence-corrected chi connectivity index (χ2v) is 10.9. The van der Waals surface area contributed by atoms with E-state index >= 15 is 0 Å². The van der Waals surface area contributed by atoms with Crippen LogP contribution in [-0.4, -0.2) is 49.7 Å². The molecule has 0 unspecified atom stereocenters. The number of rotatable bonds is 6. The molecule has 34 heavy (non-hydrogen) atoms. The predicted octanol–water partition coefficient (Wildman–Crippen LogP) is 1.74. The van der Waals surface area contributed by atoms with Crippen LogP contribution in [0.2, 0.25) is 0 Å². The van der Waals surface area contributed by atoms with Crippen molar-refractivity contribution in [1.29, 1.82) is 0 Å². The van der Waals surface area contributed by atoms with Crippen molar-refractivity contribution in [3.05, 3.63) is 64.2 Å². The van der Waals surface area contributed by atoms with Gasteiger partial charge in [-0.1, -0.05) is 6.07 Å². The summed E-state index contributed by atoms with van der Waals surface area (Å²) in [6, 6.07) is 6.43. The molecule has 0 aliphatic rings. The molecule has 180 valence electrons. The molecule has 0 saturated carbocycles. The summed E-state index contributed by atoms with van der Waals surface area (Å²) >= 11 is 0. The lowest BCUT2D eigenvalue weighted by Gasteiger charge is -2.13. The van der Waals surface area contributed by atoms with Crippen LogP contribution in [0.4, 0.5) is 11.4 Å². The molecular weight excluding hydrogens is 520 g/mol. The SMILES string of the molecule is O=C(Nc1cc(S(=O)(=O)O)cc2ccc(S(=O)(=O)O)cc12)c1ccc([N+](=O)[O-])cc1S(=O)(=O)O. The first-order valence-electron chi connectivity index (χ1n) is 8.58. The number of nitro benzene ring substituents is 1. The van der Waals surface area contributed by atoms with Gasteiger partial charge < -0.3 is 5.32 Å². The van der Waals surface area contributed by atoms with E-state index in [9.17, 15) is 53.8 Å². The molecule has 0 fully saturated rings. The zero-order valence-electron chi connectivity index (χ0n) is 16.3. The van der Waals surface area contributed by atoms with Crippen molar-refractivity contribution in [3.8, 4) is 0 Å². The molecule has 17 heteroatoms. The van der Waals surface area contributed by atoms with Crippen LogP contribution in [-0.2, 0) is 30.4 Å². The standard InChI is InChI=1S/C17H12N2O12S3/c20-17(13-4-2-10(19(21)22)6-16(13)34(29,30)31)18-15-8-12(33(26,27)28)5-9-1-3-11(7-14(9)15)32(23,24)25/h1-8H,(H,18,20)(H,23,24,25)(H,26,27,28)(H,29,30,31). The molecule has 0 spiro atoms. The molecule has 0 atom stereocenters. The van der Waals surface area contributed by atoms with Crippen LogP contribution in [0.25, 0.3) is 10.8 Å². The Morgan fingerprint density at radius 1 is 0.794 bits per heavy atom. The second kappa shape index (κ2) is 8.38. The monoisotopic (exact) mass is 532 g/mol. The molecule has 1 amide bonds. The average Bonchev–Trinajstić information content (AvgIpc) is 2.70.